The van der Waals surface area contributed by atoms with Crippen molar-refractivity contribution in [2.24, 2.45) is 0 Å². The highest BCUT2D eigenvalue weighted by Gasteiger charge is 2.06. The molecule has 0 aliphatic rings. The molecule has 0 bridgehead atoms. The summed E-state index contributed by atoms with van der Waals surface area (Å²) in [4.78, 5) is 12.0. The van der Waals surface area contributed by atoms with Crippen molar-refractivity contribution >= 4 is 11.6 Å². The van der Waals surface area contributed by atoms with Gasteiger partial charge in [-0.2, -0.15) is 0 Å². The smallest absolute Gasteiger partial charge is 0.224 e. The van der Waals surface area contributed by atoms with E-state index < -0.39 is 0 Å². The second kappa shape index (κ2) is 8.96. The van der Waals surface area contributed by atoms with E-state index in [1.54, 1.807) is 0 Å². The highest BCUT2D eigenvalue weighted by molar-refractivity contribution is 5.90. The van der Waals surface area contributed by atoms with Crippen LogP contribution in [0.25, 0.3) is 0 Å². The van der Waals surface area contributed by atoms with Crippen molar-refractivity contribution in [2.75, 3.05) is 18.5 Å². The molecule has 1 amide bonds. The lowest BCUT2D eigenvalue weighted by Gasteiger charge is -2.11. The van der Waals surface area contributed by atoms with Gasteiger partial charge in [0.15, 0.2) is 11.5 Å². The molecule has 24 heavy (non-hydrogen) atoms. The van der Waals surface area contributed by atoms with E-state index in [2.05, 4.69) is 11.4 Å². The normalized spacial score (nSPS) is 10.3. The molecule has 2 rings (SSSR count). The maximum Gasteiger partial charge on any atom is 0.224 e. The van der Waals surface area contributed by atoms with Crippen LogP contribution in [-0.2, 0) is 4.79 Å². The first kappa shape index (κ1) is 17.9. The Balaban J connectivity index is 1.77. The fraction of sp³-hybridized carbons (Fsp3) is 0.350. The average Bonchev–Trinajstić information content (AvgIpc) is 2.52. The molecule has 128 valence electrons. The molecule has 0 aliphatic carbocycles. The van der Waals surface area contributed by atoms with Gasteiger partial charge in [-0.15, -0.1) is 0 Å². The lowest BCUT2D eigenvalue weighted by atomic mass is 10.1. The third-order valence-corrected chi connectivity index (χ3v) is 3.46. The molecule has 4 heteroatoms. The minimum absolute atomic E-state index is 0.00157. The van der Waals surface area contributed by atoms with E-state index in [0.29, 0.717) is 31.8 Å². The predicted molar refractivity (Wildman–Crippen MR) is 96.9 cm³/mol. The average molecular weight is 327 g/mol. The summed E-state index contributed by atoms with van der Waals surface area (Å²) in [6.07, 6.45) is 1.07. The van der Waals surface area contributed by atoms with Crippen LogP contribution in [0.5, 0.6) is 11.5 Å². The van der Waals surface area contributed by atoms with Crippen LogP contribution in [0, 0.1) is 13.8 Å². The molecule has 0 aliphatic heterocycles. The van der Waals surface area contributed by atoms with E-state index in [0.717, 1.165) is 22.6 Å². The number of benzene rings is 2. The molecular formula is C20H25NO3. The van der Waals surface area contributed by atoms with Crippen LogP contribution in [0.2, 0.25) is 0 Å². The fourth-order valence-corrected chi connectivity index (χ4v) is 2.53. The van der Waals surface area contributed by atoms with Gasteiger partial charge in [0.1, 0.15) is 0 Å². The Morgan fingerprint density at radius 3 is 2.25 bits per heavy atom. The van der Waals surface area contributed by atoms with Crippen molar-refractivity contribution in [1.82, 2.24) is 0 Å². The summed E-state index contributed by atoms with van der Waals surface area (Å²) in [6.45, 7) is 7.05. The number of aryl methyl sites for hydroxylation is 2. The number of ether oxygens (including phenoxy) is 2. The van der Waals surface area contributed by atoms with Crippen molar-refractivity contribution in [3.8, 4) is 11.5 Å². The summed E-state index contributed by atoms with van der Waals surface area (Å²) >= 11 is 0. The number of amides is 1. The van der Waals surface area contributed by atoms with Crippen LogP contribution >= 0.6 is 0 Å². The van der Waals surface area contributed by atoms with Crippen molar-refractivity contribution in [3.05, 3.63) is 53.6 Å². The quantitative estimate of drug-likeness (QED) is 0.726. The first-order chi connectivity index (χ1) is 11.6. The third kappa shape index (κ3) is 5.61. The zero-order valence-electron chi connectivity index (χ0n) is 14.6. The Morgan fingerprint density at radius 2 is 1.62 bits per heavy atom. The Bertz CT molecular complexity index is 662. The van der Waals surface area contributed by atoms with Gasteiger partial charge in [-0.25, -0.2) is 0 Å². The minimum Gasteiger partial charge on any atom is -0.490 e. The number of hydrogen-bond donors (Lipinski definition) is 1. The van der Waals surface area contributed by atoms with E-state index >= 15 is 0 Å². The SMILES string of the molecule is CCOc1ccccc1OCCCC(=O)Nc1cc(C)cc(C)c1. The Labute approximate surface area is 143 Å². The van der Waals surface area contributed by atoms with Crippen LogP contribution in [0.3, 0.4) is 0 Å². The molecule has 0 fully saturated rings. The first-order valence-corrected chi connectivity index (χ1v) is 8.31. The standard InChI is InChI=1S/C20H25NO3/c1-4-23-18-8-5-6-9-19(18)24-11-7-10-20(22)21-17-13-15(2)12-16(3)14-17/h5-6,8-9,12-14H,4,7,10-11H2,1-3H3,(H,21,22). The van der Waals surface area contributed by atoms with Crippen molar-refractivity contribution in [1.29, 1.82) is 0 Å². The molecule has 0 aromatic heterocycles. The van der Waals surface area contributed by atoms with E-state index in [-0.39, 0.29) is 5.91 Å². The largest absolute Gasteiger partial charge is 0.490 e. The van der Waals surface area contributed by atoms with Gasteiger partial charge < -0.3 is 14.8 Å². The van der Waals surface area contributed by atoms with Gasteiger partial charge >= 0.3 is 0 Å². The number of carbonyl (C=O) groups excluding carboxylic acids is 1. The number of hydrogen-bond acceptors (Lipinski definition) is 3. The third-order valence-electron chi connectivity index (χ3n) is 3.46. The summed E-state index contributed by atoms with van der Waals surface area (Å²) in [5.41, 5.74) is 3.13. The van der Waals surface area contributed by atoms with Crippen molar-refractivity contribution in [3.63, 3.8) is 0 Å². The minimum atomic E-state index is 0.00157. The maximum absolute atomic E-state index is 12.0. The fourth-order valence-electron chi connectivity index (χ4n) is 2.53. The highest BCUT2D eigenvalue weighted by atomic mass is 16.5. The molecule has 0 saturated heterocycles. The van der Waals surface area contributed by atoms with Crippen LogP contribution < -0.4 is 14.8 Å². The van der Waals surface area contributed by atoms with E-state index in [4.69, 9.17) is 9.47 Å². The number of rotatable bonds is 8. The second-order valence-electron chi connectivity index (χ2n) is 5.76. The Kier molecular flexibility index (Phi) is 6.67. The summed E-state index contributed by atoms with van der Waals surface area (Å²) in [6, 6.07) is 13.6. The van der Waals surface area contributed by atoms with Gasteiger partial charge in [-0.3, -0.25) is 4.79 Å². The van der Waals surface area contributed by atoms with Crippen LogP contribution in [-0.4, -0.2) is 19.1 Å². The number of para-hydroxylation sites is 2. The first-order valence-electron chi connectivity index (χ1n) is 8.31. The van der Waals surface area contributed by atoms with Crippen LogP contribution in [0.1, 0.15) is 30.9 Å². The van der Waals surface area contributed by atoms with Crippen LogP contribution in [0.15, 0.2) is 42.5 Å². The predicted octanol–water partition coefficient (Wildman–Crippen LogP) is 4.50. The lowest BCUT2D eigenvalue weighted by Crippen LogP contribution is -2.13. The molecule has 0 atom stereocenters. The molecule has 2 aromatic carbocycles. The lowest BCUT2D eigenvalue weighted by molar-refractivity contribution is -0.116. The molecular weight excluding hydrogens is 302 g/mol. The van der Waals surface area contributed by atoms with Gasteiger partial charge in [-0.1, -0.05) is 18.2 Å². The van der Waals surface area contributed by atoms with Crippen LogP contribution in [0.4, 0.5) is 5.69 Å². The topological polar surface area (TPSA) is 47.6 Å². The van der Waals surface area contributed by atoms with E-state index in [1.807, 2.05) is 57.2 Å². The zero-order valence-corrected chi connectivity index (χ0v) is 14.6. The van der Waals surface area contributed by atoms with Crippen molar-refractivity contribution in [2.45, 2.75) is 33.6 Å². The zero-order chi connectivity index (χ0) is 17.4. The highest BCUT2D eigenvalue weighted by Crippen LogP contribution is 2.26. The van der Waals surface area contributed by atoms with E-state index in [9.17, 15) is 4.79 Å². The van der Waals surface area contributed by atoms with Gasteiger partial charge in [0.2, 0.25) is 5.91 Å². The van der Waals surface area contributed by atoms with Gasteiger partial charge in [0.25, 0.3) is 0 Å². The number of carbonyl (C=O) groups is 1. The summed E-state index contributed by atoms with van der Waals surface area (Å²) in [5.74, 6) is 1.45. The molecule has 4 nitrogen and oxygen atoms in total. The Hall–Kier alpha value is -2.49. The van der Waals surface area contributed by atoms with Gasteiger partial charge in [-0.05, 0) is 62.6 Å². The number of nitrogens with one attached hydrogen (secondary N) is 1. The Morgan fingerprint density at radius 1 is 1.00 bits per heavy atom. The molecule has 0 spiro atoms. The molecule has 1 N–H and O–H groups in total. The molecule has 0 heterocycles. The number of anilines is 1. The molecule has 0 unspecified atom stereocenters. The molecule has 0 saturated carbocycles. The van der Waals surface area contributed by atoms with Gasteiger partial charge in [0.05, 0.1) is 13.2 Å². The second-order valence-corrected chi connectivity index (χ2v) is 5.76. The molecule has 2 aromatic rings. The summed E-state index contributed by atoms with van der Waals surface area (Å²) in [7, 11) is 0. The summed E-state index contributed by atoms with van der Waals surface area (Å²) in [5, 5.41) is 2.93. The summed E-state index contributed by atoms with van der Waals surface area (Å²) < 4.78 is 11.2. The maximum atomic E-state index is 12.0. The van der Waals surface area contributed by atoms with Gasteiger partial charge in [0, 0.05) is 12.1 Å². The monoisotopic (exact) mass is 327 g/mol. The molecule has 0 radical (unpaired) electrons. The van der Waals surface area contributed by atoms with Crippen molar-refractivity contribution < 1.29 is 14.3 Å². The van der Waals surface area contributed by atoms with E-state index in [1.165, 1.54) is 0 Å².